The molecule has 4 unspecified atom stereocenters. The minimum absolute atomic E-state index is 0. The van der Waals surface area contributed by atoms with Gasteiger partial charge in [0.25, 0.3) is 0 Å². The fourth-order valence-electron chi connectivity index (χ4n) is 5.94. The van der Waals surface area contributed by atoms with Crippen molar-refractivity contribution < 1.29 is 26.3 Å². The Balaban J connectivity index is 0.00000423. The number of rotatable bonds is 4. The van der Waals surface area contributed by atoms with Crippen molar-refractivity contribution in [2.45, 2.75) is 0 Å². The molecule has 1 aliphatic heterocycles. The molecule has 227 valence electrons. The van der Waals surface area contributed by atoms with Gasteiger partial charge in [0.2, 0.25) is 0 Å². The average Bonchev–Trinajstić information content (AvgIpc) is 3.06. The first-order valence-corrected chi connectivity index (χ1v) is 23.3. The summed E-state index contributed by atoms with van der Waals surface area (Å²) in [5, 5.41) is 6.26. The monoisotopic (exact) mass is 695 g/mol. The summed E-state index contributed by atoms with van der Waals surface area (Å²) in [6, 6.07) is 45.2. The molecule has 1 aliphatic rings. The minimum atomic E-state index is -0.671. The Kier molecular flexibility index (Phi) is 16.4. The Morgan fingerprint density at radius 1 is 0.302 bits per heavy atom. The van der Waals surface area contributed by atoms with E-state index in [1.165, 1.54) is 49.3 Å². The van der Waals surface area contributed by atoms with Gasteiger partial charge >= 0.3 is 16.8 Å². The van der Waals surface area contributed by atoms with E-state index in [2.05, 4.69) is 121 Å². The third-order valence-electron chi connectivity index (χ3n) is 8.38. The summed E-state index contributed by atoms with van der Waals surface area (Å²) in [5.41, 5.74) is 0. The van der Waals surface area contributed by atoms with Gasteiger partial charge in [-0.2, -0.15) is 0 Å². The normalized spacial score (nSPS) is 23.3. The van der Waals surface area contributed by atoms with Crippen molar-refractivity contribution >= 4 is 52.9 Å². The van der Waals surface area contributed by atoms with E-state index in [0.717, 1.165) is 26.4 Å². The molecule has 4 aromatic carbocycles. The van der Waals surface area contributed by atoms with Gasteiger partial charge in [-0.05, 0) is 48.5 Å². The molecule has 0 N–H and O–H groups in total. The molecule has 0 amide bonds. The second-order valence-corrected chi connectivity index (χ2v) is 22.2. The van der Waals surface area contributed by atoms with Crippen LogP contribution in [-0.2, 0) is 26.3 Å². The van der Waals surface area contributed by atoms with Gasteiger partial charge in [-0.25, -0.2) is 0 Å². The Hall–Kier alpha value is -0.974. The zero-order chi connectivity index (χ0) is 28.7. The summed E-state index contributed by atoms with van der Waals surface area (Å²) in [6.07, 6.45) is 10.1. The average molecular weight is 696 g/mol. The molecule has 1 fully saturated rings. The zero-order valence-electron chi connectivity index (χ0n) is 25.2. The van der Waals surface area contributed by atoms with Crippen LogP contribution in [0.5, 0.6) is 0 Å². The predicted molar refractivity (Wildman–Crippen MR) is 198 cm³/mol. The van der Waals surface area contributed by atoms with Crippen LogP contribution < -0.4 is 21.2 Å². The summed E-state index contributed by atoms with van der Waals surface area (Å²) in [4.78, 5) is 0. The largest absolute Gasteiger partial charge is 2.00 e. The molecule has 4 aromatic rings. The molecule has 5 rings (SSSR count). The van der Waals surface area contributed by atoms with Crippen molar-refractivity contribution in [1.82, 2.24) is 0 Å². The first kappa shape index (κ1) is 34.9. The van der Waals surface area contributed by atoms with Crippen molar-refractivity contribution in [3.8, 4) is 0 Å². The van der Waals surface area contributed by atoms with Gasteiger partial charge in [-0.15, -0.1) is 0 Å². The maximum absolute atomic E-state index is 6.45. The van der Waals surface area contributed by atoms with Crippen LogP contribution >= 0.6 is 31.7 Å². The third kappa shape index (κ3) is 11.7. The molecular weight excluding hydrogens is 647 g/mol. The maximum atomic E-state index is 6.45. The summed E-state index contributed by atoms with van der Waals surface area (Å²) in [6.45, 7) is 3.57. The number of hydrogen-bond acceptors (Lipinski definition) is 2. The van der Waals surface area contributed by atoms with Crippen LogP contribution in [0.15, 0.2) is 121 Å². The third-order valence-corrected chi connectivity index (χ3v) is 20.6. The van der Waals surface area contributed by atoms with Crippen LogP contribution in [0.3, 0.4) is 0 Å². The Labute approximate surface area is 275 Å². The molecule has 7 heteroatoms. The Bertz CT molecular complexity index is 1070. The fourth-order valence-corrected chi connectivity index (χ4v) is 18.3. The van der Waals surface area contributed by atoms with Gasteiger partial charge in [0.05, 0.1) is 96.9 Å². The summed E-state index contributed by atoms with van der Waals surface area (Å²) >= 11 is 0. The molecule has 0 aromatic heterocycles. The fraction of sp³-hybridized carbons (Fsp3) is 0.333. The van der Waals surface area contributed by atoms with E-state index in [-0.39, 0.29) is 16.8 Å². The first-order chi connectivity index (χ1) is 20.9. The molecule has 0 saturated carbocycles. The van der Waals surface area contributed by atoms with E-state index in [0.29, 0.717) is 0 Å². The molecule has 0 bridgehead atoms. The molecular formula is C36H48CoO2P4+6. The van der Waals surface area contributed by atoms with Gasteiger partial charge in [0.1, 0.15) is 0 Å². The molecule has 1 heterocycles. The van der Waals surface area contributed by atoms with Crippen molar-refractivity contribution in [3.63, 3.8) is 0 Å². The van der Waals surface area contributed by atoms with Crippen LogP contribution in [0, 0.1) is 0 Å². The zero-order valence-corrected chi connectivity index (χ0v) is 30.2. The van der Waals surface area contributed by atoms with E-state index in [1.54, 1.807) is 21.2 Å². The summed E-state index contributed by atoms with van der Waals surface area (Å²) in [5.74, 6) is 0. The quantitative estimate of drug-likeness (QED) is 0.238. The van der Waals surface area contributed by atoms with Crippen LogP contribution in [-0.4, -0.2) is 75.7 Å². The van der Waals surface area contributed by atoms with E-state index in [4.69, 9.17) is 9.47 Å². The number of hydrogen-bond donors (Lipinski definition) is 0. The van der Waals surface area contributed by atoms with E-state index in [1.807, 2.05) is 0 Å². The maximum Gasteiger partial charge on any atom is 2.00 e. The second-order valence-electron chi connectivity index (χ2n) is 11.1. The van der Waals surface area contributed by atoms with Gasteiger partial charge in [0.15, 0.2) is 0 Å². The van der Waals surface area contributed by atoms with Gasteiger partial charge < -0.3 is 9.47 Å². The van der Waals surface area contributed by atoms with Gasteiger partial charge in [-0.3, -0.25) is 0 Å². The molecule has 2 nitrogen and oxygen atoms in total. The summed E-state index contributed by atoms with van der Waals surface area (Å²) < 4.78 is 12.9. The molecule has 0 aliphatic carbocycles. The van der Waals surface area contributed by atoms with Crippen molar-refractivity contribution in [1.29, 1.82) is 0 Å². The van der Waals surface area contributed by atoms with Crippen molar-refractivity contribution in [2.75, 3.05) is 75.7 Å². The second kappa shape index (κ2) is 20.2. The number of benzene rings is 4. The van der Waals surface area contributed by atoms with Crippen molar-refractivity contribution in [3.05, 3.63) is 121 Å². The number of ether oxygens (including phenoxy) is 2. The Morgan fingerprint density at radius 2 is 0.512 bits per heavy atom. The SMILES string of the molecule is [Co+2].c1ccc([PH+]2CCOCC[PH+](c3ccccc3)CC[PH+](c3ccccc3)CCOCC[PH+](c3ccccc3)CC2)cc1. The van der Waals surface area contributed by atoms with E-state index in [9.17, 15) is 0 Å². The van der Waals surface area contributed by atoms with Crippen LogP contribution in [0.25, 0.3) is 0 Å². The van der Waals surface area contributed by atoms with E-state index < -0.39 is 31.7 Å². The summed E-state index contributed by atoms with van der Waals surface area (Å²) in [7, 11) is -2.68. The molecule has 0 spiro atoms. The van der Waals surface area contributed by atoms with Crippen LogP contribution in [0.1, 0.15) is 0 Å². The van der Waals surface area contributed by atoms with Crippen molar-refractivity contribution in [2.24, 2.45) is 0 Å². The van der Waals surface area contributed by atoms with E-state index >= 15 is 0 Å². The smallest absolute Gasteiger partial charge is 0.374 e. The first-order valence-electron chi connectivity index (χ1n) is 15.6. The molecule has 4 atom stereocenters. The van der Waals surface area contributed by atoms with Gasteiger partial charge in [0, 0.05) is 31.7 Å². The molecule has 43 heavy (non-hydrogen) atoms. The topological polar surface area (TPSA) is 18.5 Å². The minimum Gasteiger partial charge on any atom is -0.374 e. The molecule has 1 radical (unpaired) electrons. The van der Waals surface area contributed by atoms with Crippen LogP contribution in [0.2, 0.25) is 0 Å². The standard InChI is InChI=1S/C36H44O2P4.Co/c1-5-13-33(14-6-1)39-25-21-37-22-27-41(35-17-9-3-10-18-35)31-32-42(36-19-11-4-12-20-36)28-24-38-23-26-40(30-29-39)34-15-7-2-8-16-34;/h1-20H,21-32H2;/q;+2/p+4. The Morgan fingerprint density at radius 3 is 0.721 bits per heavy atom. The van der Waals surface area contributed by atoms with Gasteiger partial charge in [-0.1, -0.05) is 72.8 Å². The van der Waals surface area contributed by atoms with Crippen LogP contribution in [0.4, 0.5) is 0 Å². The molecule has 1 saturated heterocycles. The predicted octanol–water partition coefficient (Wildman–Crippen LogP) is 6.19.